The molecule has 0 fully saturated rings. The van der Waals surface area contributed by atoms with Crippen LogP contribution >= 0.6 is 0 Å². The predicted octanol–water partition coefficient (Wildman–Crippen LogP) is -0.368. The van der Waals surface area contributed by atoms with E-state index in [1.54, 1.807) is 13.1 Å². The molecule has 0 radical (unpaired) electrons. The van der Waals surface area contributed by atoms with Gasteiger partial charge in [0, 0.05) is 12.4 Å². The number of anilines is 1. The predicted molar refractivity (Wildman–Crippen MR) is 48.2 cm³/mol. The fourth-order valence-electron chi connectivity index (χ4n) is 0.802. The van der Waals surface area contributed by atoms with E-state index in [0.29, 0.717) is 5.82 Å². The highest BCUT2D eigenvalue weighted by molar-refractivity contribution is 5.34. The largest absolute Gasteiger partial charge is 0.394 e. The van der Waals surface area contributed by atoms with Crippen LogP contribution < -0.4 is 5.32 Å². The molecule has 5 heteroatoms. The van der Waals surface area contributed by atoms with Crippen molar-refractivity contribution >= 4 is 5.82 Å². The van der Waals surface area contributed by atoms with Crippen molar-refractivity contribution in [2.45, 2.75) is 12.5 Å². The molecule has 0 aliphatic rings. The minimum Gasteiger partial charge on any atom is -0.394 e. The average Bonchev–Trinajstić information content (AvgIpc) is 2.19. The lowest BCUT2D eigenvalue weighted by molar-refractivity contribution is 0.147. The van der Waals surface area contributed by atoms with Crippen LogP contribution in [0.25, 0.3) is 0 Å². The topological polar surface area (TPSA) is 78.3 Å². The molecule has 0 amide bonds. The lowest BCUT2D eigenvalue weighted by Crippen LogP contribution is -2.42. The normalized spacial score (nSPS) is 11.3. The standard InChI is InChI=1S/C8H13N3O2/c1-8(5-12,6-13)11-7-4-9-2-3-10-7/h2-4,12-13H,5-6H2,1H3,(H,10,11). The summed E-state index contributed by atoms with van der Waals surface area (Å²) in [4.78, 5) is 7.81. The molecule has 0 bridgehead atoms. The Balaban J connectivity index is 2.68. The molecule has 0 atom stereocenters. The van der Waals surface area contributed by atoms with Crippen LogP contribution in [0.1, 0.15) is 6.92 Å². The van der Waals surface area contributed by atoms with Gasteiger partial charge in [0.1, 0.15) is 5.82 Å². The summed E-state index contributed by atoms with van der Waals surface area (Å²) in [5.41, 5.74) is -0.754. The van der Waals surface area contributed by atoms with Crippen molar-refractivity contribution in [3.05, 3.63) is 18.6 Å². The summed E-state index contributed by atoms with van der Waals surface area (Å²) in [5.74, 6) is 0.535. The Morgan fingerprint density at radius 2 is 2.08 bits per heavy atom. The zero-order valence-electron chi connectivity index (χ0n) is 7.44. The molecule has 72 valence electrons. The van der Waals surface area contributed by atoms with Gasteiger partial charge in [0.05, 0.1) is 24.9 Å². The fraction of sp³-hybridized carbons (Fsp3) is 0.500. The van der Waals surface area contributed by atoms with Crippen LogP contribution in [0.2, 0.25) is 0 Å². The van der Waals surface area contributed by atoms with Gasteiger partial charge in [0.25, 0.3) is 0 Å². The van der Waals surface area contributed by atoms with Crippen LogP contribution in [0.15, 0.2) is 18.6 Å². The molecule has 0 aliphatic carbocycles. The summed E-state index contributed by atoms with van der Waals surface area (Å²) in [7, 11) is 0. The first-order valence-corrected chi connectivity index (χ1v) is 3.96. The molecule has 0 saturated heterocycles. The monoisotopic (exact) mass is 183 g/mol. The first-order valence-electron chi connectivity index (χ1n) is 3.96. The van der Waals surface area contributed by atoms with Crippen molar-refractivity contribution in [3.63, 3.8) is 0 Å². The van der Waals surface area contributed by atoms with Gasteiger partial charge in [0.2, 0.25) is 0 Å². The number of aliphatic hydroxyl groups excluding tert-OH is 2. The lowest BCUT2D eigenvalue weighted by atomic mass is 10.1. The molecule has 3 N–H and O–H groups in total. The first kappa shape index (κ1) is 9.88. The van der Waals surface area contributed by atoms with E-state index in [9.17, 15) is 0 Å². The smallest absolute Gasteiger partial charge is 0.145 e. The molecule has 13 heavy (non-hydrogen) atoms. The third-order valence-electron chi connectivity index (χ3n) is 1.69. The molecule has 5 nitrogen and oxygen atoms in total. The highest BCUT2D eigenvalue weighted by Crippen LogP contribution is 2.09. The summed E-state index contributed by atoms with van der Waals surface area (Å²) in [6.45, 7) is 1.36. The Morgan fingerprint density at radius 1 is 1.38 bits per heavy atom. The summed E-state index contributed by atoms with van der Waals surface area (Å²) >= 11 is 0. The maximum Gasteiger partial charge on any atom is 0.145 e. The number of hydrogen-bond acceptors (Lipinski definition) is 5. The Bertz CT molecular complexity index is 249. The molecule has 0 spiro atoms. The number of aromatic nitrogens is 2. The van der Waals surface area contributed by atoms with Crippen molar-refractivity contribution in [2.75, 3.05) is 18.5 Å². The molecular formula is C8H13N3O2. The van der Waals surface area contributed by atoms with E-state index in [-0.39, 0.29) is 13.2 Å². The van der Waals surface area contributed by atoms with E-state index in [2.05, 4.69) is 15.3 Å². The Hall–Kier alpha value is -1.20. The minimum absolute atomic E-state index is 0.167. The van der Waals surface area contributed by atoms with Gasteiger partial charge in [-0.1, -0.05) is 0 Å². The second-order valence-electron chi connectivity index (χ2n) is 3.09. The number of nitrogens with zero attached hydrogens (tertiary/aromatic N) is 2. The van der Waals surface area contributed by atoms with Gasteiger partial charge in [-0.3, -0.25) is 4.98 Å². The molecule has 1 rings (SSSR count). The van der Waals surface area contributed by atoms with Crippen LogP contribution in [-0.4, -0.2) is 38.9 Å². The van der Waals surface area contributed by atoms with Crippen LogP contribution in [0.3, 0.4) is 0 Å². The zero-order chi connectivity index (χ0) is 9.73. The third kappa shape index (κ3) is 2.64. The maximum atomic E-state index is 8.98. The summed E-state index contributed by atoms with van der Waals surface area (Å²) in [6.07, 6.45) is 4.63. The van der Waals surface area contributed by atoms with E-state index in [1.165, 1.54) is 12.4 Å². The molecule has 0 saturated carbocycles. The highest BCUT2D eigenvalue weighted by atomic mass is 16.3. The van der Waals surface area contributed by atoms with Crippen molar-refractivity contribution in [1.82, 2.24) is 9.97 Å². The quantitative estimate of drug-likeness (QED) is 0.593. The Labute approximate surface area is 76.5 Å². The summed E-state index contributed by atoms with van der Waals surface area (Å²) < 4.78 is 0. The van der Waals surface area contributed by atoms with E-state index in [0.717, 1.165) is 0 Å². The average molecular weight is 183 g/mol. The summed E-state index contributed by atoms with van der Waals surface area (Å²) in [5, 5.41) is 20.8. The van der Waals surface area contributed by atoms with Crippen LogP contribution in [0.4, 0.5) is 5.82 Å². The van der Waals surface area contributed by atoms with E-state index in [1.807, 2.05) is 0 Å². The van der Waals surface area contributed by atoms with Crippen molar-refractivity contribution < 1.29 is 10.2 Å². The molecule has 0 aliphatic heterocycles. The second-order valence-corrected chi connectivity index (χ2v) is 3.09. The number of hydrogen-bond donors (Lipinski definition) is 3. The second kappa shape index (κ2) is 4.15. The van der Waals surface area contributed by atoms with Crippen molar-refractivity contribution in [2.24, 2.45) is 0 Å². The maximum absolute atomic E-state index is 8.98. The van der Waals surface area contributed by atoms with Gasteiger partial charge in [-0.25, -0.2) is 4.98 Å². The van der Waals surface area contributed by atoms with E-state index < -0.39 is 5.54 Å². The van der Waals surface area contributed by atoms with Crippen LogP contribution in [0.5, 0.6) is 0 Å². The van der Waals surface area contributed by atoms with Crippen molar-refractivity contribution in [1.29, 1.82) is 0 Å². The highest BCUT2D eigenvalue weighted by Gasteiger charge is 2.22. The first-order chi connectivity index (χ1) is 6.20. The SMILES string of the molecule is CC(CO)(CO)Nc1cnccn1. The third-order valence-corrected chi connectivity index (χ3v) is 1.69. The molecule has 0 unspecified atom stereocenters. The lowest BCUT2D eigenvalue weighted by Gasteiger charge is -2.26. The van der Waals surface area contributed by atoms with Gasteiger partial charge in [-0.2, -0.15) is 0 Å². The Kier molecular flexibility index (Phi) is 3.16. The van der Waals surface area contributed by atoms with Gasteiger partial charge in [-0.05, 0) is 6.92 Å². The number of aliphatic hydroxyl groups is 2. The van der Waals surface area contributed by atoms with Crippen molar-refractivity contribution in [3.8, 4) is 0 Å². The fourth-order valence-corrected chi connectivity index (χ4v) is 0.802. The molecular weight excluding hydrogens is 170 g/mol. The molecule has 1 aromatic heterocycles. The van der Waals surface area contributed by atoms with Gasteiger partial charge in [-0.15, -0.1) is 0 Å². The van der Waals surface area contributed by atoms with Gasteiger partial charge < -0.3 is 15.5 Å². The zero-order valence-corrected chi connectivity index (χ0v) is 7.44. The minimum atomic E-state index is -0.754. The van der Waals surface area contributed by atoms with Crippen LogP contribution in [0, 0.1) is 0 Å². The molecule has 1 aromatic rings. The number of nitrogens with one attached hydrogen (secondary N) is 1. The van der Waals surface area contributed by atoms with Gasteiger partial charge in [0.15, 0.2) is 0 Å². The summed E-state index contributed by atoms with van der Waals surface area (Å²) in [6, 6.07) is 0. The number of rotatable bonds is 4. The molecule has 0 aromatic carbocycles. The van der Waals surface area contributed by atoms with Crippen LogP contribution in [-0.2, 0) is 0 Å². The van der Waals surface area contributed by atoms with E-state index in [4.69, 9.17) is 10.2 Å². The van der Waals surface area contributed by atoms with Gasteiger partial charge >= 0.3 is 0 Å². The Morgan fingerprint density at radius 3 is 2.54 bits per heavy atom. The molecule has 1 heterocycles. The van der Waals surface area contributed by atoms with E-state index >= 15 is 0 Å².